The minimum atomic E-state index is -0.343. The van der Waals surface area contributed by atoms with Crippen molar-refractivity contribution in [3.8, 4) is 0 Å². The number of guanidine groups is 1. The van der Waals surface area contributed by atoms with Crippen molar-refractivity contribution in [2.24, 2.45) is 0 Å². The van der Waals surface area contributed by atoms with Crippen LogP contribution in [0.15, 0.2) is 24.4 Å². The van der Waals surface area contributed by atoms with E-state index in [1.807, 2.05) is 25.1 Å². The first kappa shape index (κ1) is 25.4. The van der Waals surface area contributed by atoms with Crippen molar-refractivity contribution >= 4 is 36.8 Å². The maximum absolute atomic E-state index is 11.3. The molecule has 2 amide bonds. The first-order valence-corrected chi connectivity index (χ1v) is 6.49. The van der Waals surface area contributed by atoms with Crippen LogP contribution < -0.4 is 16.0 Å². The fourth-order valence-electron chi connectivity index (χ4n) is 1.47. The van der Waals surface area contributed by atoms with Gasteiger partial charge in [0.05, 0.1) is 0 Å². The molecule has 1 aromatic heterocycles. The van der Waals surface area contributed by atoms with Gasteiger partial charge in [-0.05, 0) is 31.4 Å². The van der Waals surface area contributed by atoms with Gasteiger partial charge in [-0.1, -0.05) is 13.0 Å². The molecule has 0 aliphatic rings. The van der Waals surface area contributed by atoms with Gasteiger partial charge in [-0.2, -0.15) is 0 Å². The summed E-state index contributed by atoms with van der Waals surface area (Å²) in [4.78, 5) is 15.5. The lowest BCUT2D eigenvalue weighted by Crippen LogP contribution is -2.45. The van der Waals surface area contributed by atoms with Crippen LogP contribution in [-0.4, -0.2) is 35.5 Å². The zero-order valence-electron chi connectivity index (χ0n) is 12.5. The van der Waals surface area contributed by atoms with Gasteiger partial charge in [-0.15, -0.1) is 24.8 Å². The highest BCUT2D eigenvalue weighted by molar-refractivity contribution is 5.94. The number of urea groups is 1. The number of aromatic nitrogens is 1. The van der Waals surface area contributed by atoms with E-state index in [2.05, 4.69) is 20.9 Å². The summed E-state index contributed by atoms with van der Waals surface area (Å²) in [6.07, 6.45) is 4.35. The molecule has 0 spiro atoms. The van der Waals surface area contributed by atoms with Crippen LogP contribution in [0.5, 0.6) is 0 Å². The predicted octanol–water partition coefficient (Wildman–Crippen LogP) is 1.27. The second-order valence-electron chi connectivity index (χ2n) is 4.11. The molecule has 1 rings (SSSR count). The van der Waals surface area contributed by atoms with Crippen LogP contribution in [0.1, 0.15) is 25.5 Å². The summed E-state index contributed by atoms with van der Waals surface area (Å²) in [6.45, 7) is 3.21. The molecule has 1 aromatic rings. The monoisotopic (exact) mass is 353 g/mol. The van der Waals surface area contributed by atoms with E-state index in [1.165, 1.54) is 0 Å². The van der Waals surface area contributed by atoms with E-state index < -0.39 is 0 Å². The lowest BCUT2D eigenvalue weighted by molar-refractivity contribution is 0.245. The number of halogens is 2. The highest BCUT2D eigenvalue weighted by Gasteiger charge is 2.02. The van der Waals surface area contributed by atoms with Gasteiger partial charge in [0.2, 0.25) is 0 Å². The molecule has 0 fully saturated rings. The number of hydrogen-bond acceptors (Lipinski definition) is 3. The van der Waals surface area contributed by atoms with Crippen molar-refractivity contribution in [1.82, 2.24) is 20.9 Å². The maximum Gasteiger partial charge on any atom is 0.321 e. The number of carbonyl (C=O) groups is 1. The van der Waals surface area contributed by atoms with Gasteiger partial charge < -0.3 is 16.1 Å². The van der Waals surface area contributed by atoms with Gasteiger partial charge in [-0.25, -0.2) is 4.79 Å². The summed E-state index contributed by atoms with van der Waals surface area (Å²) in [5, 5.41) is 15.4. The Labute approximate surface area is 143 Å². The zero-order valence-corrected chi connectivity index (χ0v) is 14.1. The average molecular weight is 354 g/mol. The molecule has 0 saturated heterocycles. The lowest BCUT2D eigenvalue weighted by atomic mass is 10.2. The highest BCUT2D eigenvalue weighted by Crippen LogP contribution is 1.96. The molecular weight excluding hydrogens is 329 g/mol. The van der Waals surface area contributed by atoms with Crippen LogP contribution in [0.4, 0.5) is 4.79 Å². The third-order valence-corrected chi connectivity index (χ3v) is 2.41. The summed E-state index contributed by atoms with van der Waals surface area (Å²) in [5.74, 6) is 0.0228. The van der Waals surface area contributed by atoms with E-state index in [9.17, 15) is 4.79 Å². The molecule has 9 heteroatoms. The number of pyridine rings is 1. The average Bonchev–Trinajstić information content (AvgIpc) is 2.42. The molecule has 0 atom stereocenters. The predicted molar refractivity (Wildman–Crippen MR) is 93.2 cm³/mol. The molecule has 22 heavy (non-hydrogen) atoms. The molecule has 1 heterocycles. The van der Waals surface area contributed by atoms with Gasteiger partial charge in [0.15, 0.2) is 5.96 Å². The number of nitrogens with zero attached hydrogens (tertiary/aromatic N) is 1. The van der Waals surface area contributed by atoms with Gasteiger partial charge >= 0.3 is 6.03 Å². The smallest absolute Gasteiger partial charge is 0.321 e. The van der Waals surface area contributed by atoms with E-state index in [0.717, 1.165) is 25.0 Å². The van der Waals surface area contributed by atoms with Crippen LogP contribution in [0, 0.1) is 5.41 Å². The molecule has 0 aliphatic carbocycles. The number of nitrogens with one attached hydrogen (secondary N) is 4. The number of amides is 2. The largest absolute Gasteiger partial charge is 0.412 e. The van der Waals surface area contributed by atoms with Gasteiger partial charge in [-0.3, -0.25) is 15.7 Å². The van der Waals surface area contributed by atoms with Crippen LogP contribution in [0.25, 0.3) is 0 Å². The SMILES string of the molecule is CCCNC(=O)NC(=N)NCCCc1ccccn1.Cl.Cl.O. The van der Waals surface area contributed by atoms with E-state index in [1.54, 1.807) is 6.20 Å². The van der Waals surface area contributed by atoms with Crippen LogP contribution in [0.2, 0.25) is 0 Å². The molecule has 0 saturated carbocycles. The zero-order chi connectivity index (χ0) is 13.9. The molecule has 128 valence electrons. The van der Waals surface area contributed by atoms with Crippen molar-refractivity contribution in [3.63, 3.8) is 0 Å². The number of hydrogen-bond donors (Lipinski definition) is 4. The Morgan fingerprint density at radius 1 is 1.23 bits per heavy atom. The summed E-state index contributed by atoms with van der Waals surface area (Å²) in [7, 11) is 0. The fourth-order valence-corrected chi connectivity index (χ4v) is 1.47. The van der Waals surface area contributed by atoms with Crippen LogP contribution in [-0.2, 0) is 6.42 Å². The van der Waals surface area contributed by atoms with Gasteiger partial charge in [0.25, 0.3) is 0 Å². The van der Waals surface area contributed by atoms with Crippen molar-refractivity contribution in [1.29, 1.82) is 5.41 Å². The Morgan fingerprint density at radius 3 is 2.55 bits per heavy atom. The summed E-state index contributed by atoms with van der Waals surface area (Å²) in [5.41, 5.74) is 1.03. The van der Waals surface area contributed by atoms with Crippen molar-refractivity contribution < 1.29 is 10.3 Å². The maximum atomic E-state index is 11.3. The summed E-state index contributed by atoms with van der Waals surface area (Å²) >= 11 is 0. The van der Waals surface area contributed by atoms with Gasteiger partial charge in [0.1, 0.15) is 0 Å². The van der Waals surface area contributed by atoms with E-state index in [-0.39, 0.29) is 42.3 Å². The fraction of sp³-hybridized carbons (Fsp3) is 0.462. The first-order chi connectivity index (χ1) is 9.22. The molecule has 6 N–H and O–H groups in total. The third-order valence-electron chi connectivity index (χ3n) is 2.41. The molecule has 0 aliphatic heterocycles. The van der Waals surface area contributed by atoms with E-state index >= 15 is 0 Å². The topological polar surface area (TPSA) is 121 Å². The molecular formula is C13H25Cl2N5O2. The van der Waals surface area contributed by atoms with Gasteiger partial charge in [0, 0.05) is 25.0 Å². The number of rotatable bonds is 6. The second-order valence-corrected chi connectivity index (χ2v) is 4.11. The molecule has 7 nitrogen and oxygen atoms in total. The minimum absolute atomic E-state index is 0. The standard InChI is InChI=1S/C13H21N5O.2ClH.H2O/c1-2-8-17-13(19)18-12(14)16-10-5-7-11-6-3-4-9-15-11;;;/h3-4,6,9H,2,5,7-8,10H2,1H3,(H4,14,16,17,18,19);2*1H;1H2. The Balaban J connectivity index is -0.00000120. The number of aryl methyl sites for hydroxylation is 1. The van der Waals surface area contributed by atoms with Crippen molar-refractivity contribution in [3.05, 3.63) is 30.1 Å². The van der Waals surface area contributed by atoms with Crippen molar-refractivity contribution in [2.75, 3.05) is 13.1 Å². The van der Waals surface area contributed by atoms with Crippen LogP contribution in [0.3, 0.4) is 0 Å². The Morgan fingerprint density at radius 2 is 1.95 bits per heavy atom. The Hall–Kier alpha value is -1.57. The molecule has 0 radical (unpaired) electrons. The lowest BCUT2D eigenvalue weighted by Gasteiger charge is -2.09. The van der Waals surface area contributed by atoms with E-state index in [0.29, 0.717) is 13.1 Å². The Kier molecular flexibility index (Phi) is 18.2. The summed E-state index contributed by atoms with van der Waals surface area (Å²) in [6, 6.07) is 5.47. The molecule has 0 aromatic carbocycles. The highest BCUT2D eigenvalue weighted by atomic mass is 35.5. The van der Waals surface area contributed by atoms with Crippen LogP contribution >= 0.6 is 24.8 Å². The molecule has 0 bridgehead atoms. The quantitative estimate of drug-likeness (QED) is 0.350. The third kappa shape index (κ3) is 12.2. The Bertz CT molecular complexity index is 407. The van der Waals surface area contributed by atoms with E-state index in [4.69, 9.17) is 5.41 Å². The summed E-state index contributed by atoms with van der Waals surface area (Å²) < 4.78 is 0. The second kappa shape index (κ2) is 15.8. The minimum Gasteiger partial charge on any atom is -0.412 e. The number of carbonyl (C=O) groups excluding carboxylic acids is 1. The van der Waals surface area contributed by atoms with Crippen molar-refractivity contribution in [2.45, 2.75) is 26.2 Å². The molecule has 0 unspecified atom stereocenters. The normalized spacial score (nSPS) is 8.41. The first-order valence-electron chi connectivity index (χ1n) is 6.49.